The Bertz CT molecular complexity index is 706. The Kier molecular flexibility index (Phi) is 5.50. The Hall–Kier alpha value is -2.18. The maximum Gasteiger partial charge on any atom is 0.249 e. The number of piperidine rings is 1. The van der Waals surface area contributed by atoms with Gasteiger partial charge in [-0.1, -0.05) is 19.0 Å². The third-order valence-electron chi connectivity index (χ3n) is 4.57. The molecule has 1 saturated heterocycles. The topological polar surface area (TPSA) is 77.0 Å². The minimum Gasteiger partial charge on any atom is -0.337 e. The van der Waals surface area contributed by atoms with Gasteiger partial charge in [-0.3, -0.25) is 9.48 Å². The Balaban J connectivity index is 1.65. The number of hydrogen-bond acceptors (Lipinski definition) is 5. The van der Waals surface area contributed by atoms with Crippen LogP contribution in [0.15, 0.2) is 16.9 Å². The summed E-state index contributed by atoms with van der Waals surface area (Å²) in [4.78, 5) is 19.2. The monoisotopic (exact) mass is 345 g/mol. The van der Waals surface area contributed by atoms with Crippen LogP contribution in [0.25, 0.3) is 0 Å². The lowest BCUT2D eigenvalue weighted by Crippen LogP contribution is -2.38. The molecular formula is C18H27N5O2. The first-order valence-corrected chi connectivity index (χ1v) is 9.12. The van der Waals surface area contributed by atoms with Gasteiger partial charge in [-0.25, -0.2) is 0 Å². The SMILES string of the molecule is CC(C)Cc1noc([C@@H]2CCCCN2C(=O)CCc2cnn(C)c2)n1. The van der Waals surface area contributed by atoms with E-state index in [0.717, 1.165) is 43.6 Å². The van der Waals surface area contributed by atoms with Crippen LogP contribution in [-0.4, -0.2) is 37.3 Å². The summed E-state index contributed by atoms with van der Waals surface area (Å²) in [6, 6.07) is -0.0800. The lowest BCUT2D eigenvalue weighted by atomic mass is 10.0. The molecule has 3 rings (SSSR count). The van der Waals surface area contributed by atoms with Gasteiger partial charge in [0.2, 0.25) is 11.8 Å². The van der Waals surface area contributed by atoms with Crippen molar-refractivity contribution in [2.45, 2.75) is 58.4 Å². The van der Waals surface area contributed by atoms with Gasteiger partial charge in [0.25, 0.3) is 0 Å². The molecule has 7 heteroatoms. The molecule has 0 aromatic carbocycles. The summed E-state index contributed by atoms with van der Waals surface area (Å²) < 4.78 is 7.25. The first-order valence-electron chi connectivity index (χ1n) is 9.12. The van der Waals surface area contributed by atoms with Gasteiger partial charge in [-0.15, -0.1) is 0 Å². The molecule has 0 radical (unpaired) electrons. The van der Waals surface area contributed by atoms with Crippen molar-refractivity contribution < 1.29 is 9.32 Å². The van der Waals surface area contributed by atoms with Gasteiger partial charge in [-0.2, -0.15) is 10.1 Å². The first-order chi connectivity index (χ1) is 12.0. The molecule has 2 aromatic heterocycles. The number of aromatic nitrogens is 4. The predicted molar refractivity (Wildman–Crippen MR) is 92.7 cm³/mol. The summed E-state index contributed by atoms with van der Waals surface area (Å²) in [5.74, 6) is 1.95. The van der Waals surface area contributed by atoms with Crippen LogP contribution in [0.2, 0.25) is 0 Å². The molecule has 25 heavy (non-hydrogen) atoms. The molecule has 0 N–H and O–H groups in total. The molecule has 136 valence electrons. The van der Waals surface area contributed by atoms with E-state index in [2.05, 4.69) is 29.1 Å². The van der Waals surface area contributed by atoms with Crippen LogP contribution >= 0.6 is 0 Å². The fraction of sp³-hybridized carbons (Fsp3) is 0.667. The van der Waals surface area contributed by atoms with Gasteiger partial charge in [0, 0.05) is 32.6 Å². The van der Waals surface area contributed by atoms with E-state index in [1.807, 2.05) is 24.3 Å². The number of aryl methyl sites for hydroxylation is 2. The number of carbonyl (C=O) groups is 1. The molecule has 0 spiro atoms. The molecule has 0 bridgehead atoms. The number of carbonyl (C=O) groups excluding carboxylic acids is 1. The van der Waals surface area contributed by atoms with Crippen molar-refractivity contribution in [3.63, 3.8) is 0 Å². The third kappa shape index (κ3) is 4.46. The number of nitrogens with zero attached hydrogens (tertiary/aromatic N) is 5. The molecule has 2 aromatic rings. The number of rotatable bonds is 6. The van der Waals surface area contributed by atoms with Crippen LogP contribution in [-0.2, 0) is 24.7 Å². The molecule has 1 fully saturated rings. The molecule has 1 amide bonds. The quantitative estimate of drug-likeness (QED) is 0.804. The molecule has 7 nitrogen and oxygen atoms in total. The van der Waals surface area contributed by atoms with E-state index in [9.17, 15) is 4.79 Å². The minimum atomic E-state index is -0.0800. The highest BCUT2D eigenvalue weighted by molar-refractivity contribution is 5.77. The summed E-state index contributed by atoms with van der Waals surface area (Å²) in [7, 11) is 1.89. The summed E-state index contributed by atoms with van der Waals surface area (Å²) >= 11 is 0. The van der Waals surface area contributed by atoms with Crippen LogP contribution in [0.1, 0.15) is 62.9 Å². The first kappa shape index (κ1) is 17.6. The van der Waals surface area contributed by atoms with Gasteiger partial charge in [0.1, 0.15) is 6.04 Å². The molecule has 0 aliphatic carbocycles. The van der Waals surface area contributed by atoms with Gasteiger partial charge >= 0.3 is 0 Å². The molecule has 1 atom stereocenters. The average Bonchev–Trinajstić information content (AvgIpc) is 3.21. The van der Waals surface area contributed by atoms with E-state index in [-0.39, 0.29) is 11.9 Å². The Morgan fingerprint density at radius 1 is 1.40 bits per heavy atom. The van der Waals surface area contributed by atoms with Crippen LogP contribution in [0, 0.1) is 5.92 Å². The van der Waals surface area contributed by atoms with Gasteiger partial charge < -0.3 is 9.42 Å². The maximum atomic E-state index is 12.8. The van der Waals surface area contributed by atoms with Crippen LogP contribution in [0.4, 0.5) is 0 Å². The Morgan fingerprint density at radius 3 is 2.96 bits per heavy atom. The predicted octanol–water partition coefficient (Wildman–Crippen LogP) is 2.69. The van der Waals surface area contributed by atoms with E-state index >= 15 is 0 Å². The minimum absolute atomic E-state index is 0.0800. The summed E-state index contributed by atoms with van der Waals surface area (Å²) in [6.45, 7) is 5.02. The summed E-state index contributed by atoms with van der Waals surface area (Å²) in [5, 5.41) is 8.24. The Labute approximate surface area is 148 Å². The van der Waals surface area contributed by atoms with E-state index in [1.54, 1.807) is 4.68 Å². The second kappa shape index (κ2) is 7.80. The molecule has 0 unspecified atom stereocenters. The van der Waals surface area contributed by atoms with Crippen molar-refractivity contribution in [3.8, 4) is 0 Å². The summed E-state index contributed by atoms with van der Waals surface area (Å²) in [5.41, 5.74) is 1.08. The van der Waals surface area contributed by atoms with E-state index in [0.29, 0.717) is 24.7 Å². The Morgan fingerprint density at radius 2 is 2.24 bits per heavy atom. The molecule has 1 aliphatic heterocycles. The van der Waals surface area contributed by atoms with E-state index < -0.39 is 0 Å². The largest absolute Gasteiger partial charge is 0.337 e. The zero-order chi connectivity index (χ0) is 17.8. The van der Waals surface area contributed by atoms with Crippen molar-refractivity contribution in [2.75, 3.05) is 6.54 Å². The third-order valence-corrected chi connectivity index (χ3v) is 4.57. The second-order valence-corrected chi connectivity index (χ2v) is 7.27. The van der Waals surface area contributed by atoms with Crippen molar-refractivity contribution in [2.24, 2.45) is 13.0 Å². The maximum absolute atomic E-state index is 12.8. The average molecular weight is 345 g/mol. The van der Waals surface area contributed by atoms with Crippen LogP contribution in [0.3, 0.4) is 0 Å². The zero-order valence-corrected chi connectivity index (χ0v) is 15.3. The highest BCUT2D eigenvalue weighted by Crippen LogP contribution is 2.30. The van der Waals surface area contributed by atoms with Crippen LogP contribution < -0.4 is 0 Å². The summed E-state index contributed by atoms with van der Waals surface area (Å²) in [6.07, 6.45) is 8.76. The van der Waals surface area contributed by atoms with E-state index in [4.69, 9.17) is 4.52 Å². The smallest absolute Gasteiger partial charge is 0.249 e. The van der Waals surface area contributed by atoms with E-state index in [1.165, 1.54) is 0 Å². The normalized spacial score (nSPS) is 18.1. The molecule has 0 saturated carbocycles. The van der Waals surface area contributed by atoms with Gasteiger partial charge in [0.15, 0.2) is 5.82 Å². The molecule has 1 aliphatic rings. The van der Waals surface area contributed by atoms with Crippen molar-refractivity contribution in [1.82, 2.24) is 24.8 Å². The fourth-order valence-corrected chi connectivity index (χ4v) is 3.33. The van der Waals surface area contributed by atoms with Crippen molar-refractivity contribution >= 4 is 5.91 Å². The fourth-order valence-electron chi connectivity index (χ4n) is 3.33. The highest BCUT2D eigenvalue weighted by atomic mass is 16.5. The molecule has 3 heterocycles. The van der Waals surface area contributed by atoms with Crippen molar-refractivity contribution in [3.05, 3.63) is 29.7 Å². The highest BCUT2D eigenvalue weighted by Gasteiger charge is 2.31. The number of likely N-dealkylation sites (tertiary alicyclic amines) is 1. The van der Waals surface area contributed by atoms with Gasteiger partial charge in [0.05, 0.1) is 6.20 Å². The zero-order valence-electron chi connectivity index (χ0n) is 15.3. The lowest BCUT2D eigenvalue weighted by molar-refractivity contribution is -0.135. The van der Waals surface area contributed by atoms with Crippen LogP contribution in [0.5, 0.6) is 0 Å². The number of hydrogen-bond donors (Lipinski definition) is 0. The second-order valence-electron chi connectivity index (χ2n) is 7.27. The lowest BCUT2D eigenvalue weighted by Gasteiger charge is -2.33. The number of amides is 1. The van der Waals surface area contributed by atoms with Gasteiger partial charge in [-0.05, 0) is 37.2 Å². The molecular weight excluding hydrogens is 318 g/mol. The standard InChI is InChI=1S/C18H27N5O2/c1-13(2)10-16-20-18(25-21-16)15-6-4-5-9-23(15)17(24)8-7-14-11-19-22(3)12-14/h11-13,15H,4-10H2,1-3H3/t15-/m0/s1. The van der Waals surface area contributed by atoms with Crippen molar-refractivity contribution in [1.29, 1.82) is 0 Å².